The first-order valence-electron chi connectivity index (χ1n) is 26.8. The van der Waals surface area contributed by atoms with Gasteiger partial charge in [0.2, 0.25) is 35.4 Å². The Balaban J connectivity index is 1.81. The van der Waals surface area contributed by atoms with Crippen LogP contribution >= 0.6 is 0 Å². The van der Waals surface area contributed by atoms with Gasteiger partial charge in [0.15, 0.2) is 5.03 Å². The fraction of sp³-hybridized carbons (Fsp3) is 0.574. The van der Waals surface area contributed by atoms with E-state index in [1.807, 2.05) is 60.7 Å². The Morgan fingerprint density at radius 2 is 1.11 bits per heavy atom. The highest BCUT2D eigenvalue weighted by Crippen LogP contribution is 2.19. The number of benzene rings is 2. The zero-order valence-corrected chi connectivity index (χ0v) is 47.5. The number of aliphatic imine (C=N–C) groups is 1. The maximum atomic E-state index is 13.3. The number of nitro groups is 1. The first-order chi connectivity index (χ1) is 38.2. The number of hydrogen-bond acceptors (Lipinski definition) is 16. The Hall–Kier alpha value is -8.39. The van der Waals surface area contributed by atoms with Crippen LogP contribution in [0.5, 0.6) is 0 Å². The number of nitrogens with zero attached hydrogens (tertiary/aromatic N) is 2. The summed E-state index contributed by atoms with van der Waals surface area (Å²) in [5.41, 5.74) is 7.91. The lowest BCUT2D eigenvalue weighted by atomic mass is 9.94. The van der Waals surface area contributed by atoms with Crippen molar-refractivity contribution < 1.29 is 67.2 Å². The molecule has 7 atom stereocenters. The second-order valence-electron chi connectivity index (χ2n) is 20.6. The fourth-order valence-corrected chi connectivity index (χ4v) is 7.72. The highest BCUT2D eigenvalue weighted by atomic mass is 16.7. The van der Waals surface area contributed by atoms with Crippen LogP contribution in [0.15, 0.2) is 65.7 Å². The summed E-state index contributed by atoms with van der Waals surface area (Å²) >= 11 is 0. The average Bonchev–Trinajstić information content (AvgIpc) is 3.37. The first kappa shape index (κ1) is 68.7. The van der Waals surface area contributed by atoms with Crippen LogP contribution in [0.3, 0.4) is 0 Å². The standard InChI is InChI=1S/C54H82N12O15/c1-34(26-42(67)30-41(50(74)79-32-39-18-11-9-12-19-39)22-15-16-24-57-52(75)80-33-40-20-13-10-14-21-40)59-44(68)27-35(2)60-45(69)28-36(3)61-46(70)29-37(4)62-48(72)38(5)63-49(73)43(23-17-25-56-51(55)65-66(77)78)64-47(71)31-58-53(76)81-54(6,7)8/h9-14,18-21,34-38,41,43H,15-17,22-33H2,1-8H3,(H,57,75)(H,58,76)(H,59,68)(H,60,69)(H,61,70)(H,62,72)(H,63,73)(H,64,71)(H3,55,56,65)/t34-,35-,36-,37-,38+,41-,43+/m1/s1. The molecule has 0 spiro atoms. The highest BCUT2D eigenvalue weighted by Gasteiger charge is 2.28. The number of ether oxygens (including phenoxy) is 3. The van der Waals surface area contributed by atoms with Crippen molar-refractivity contribution in [1.82, 2.24) is 48.0 Å². The molecule has 0 radical (unpaired) electrons. The number of carbonyl (C=O) groups excluding carboxylic acids is 10. The third kappa shape index (κ3) is 33.0. The van der Waals surface area contributed by atoms with Crippen LogP contribution in [0.25, 0.3) is 0 Å². The molecule has 27 nitrogen and oxygen atoms in total. The zero-order chi connectivity index (χ0) is 60.5. The number of ketones is 1. The molecule has 0 heterocycles. The van der Waals surface area contributed by atoms with Gasteiger partial charge in [0.1, 0.15) is 43.2 Å². The number of nitrogens with two attached hydrogens (primary N) is 1. The zero-order valence-electron chi connectivity index (χ0n) is 47.5. The van der Waals surface area contributed by atoms with Gasteiger partial charge in [-0.2, -0.15) is 0 Å². The van der Waals surface area contributed by atoms with Crippen molar-refractivity contribution in [3.8, 4) is 0 Å². The van der Waals surface area contributed by atoms with E-state index < -0.39 is 119 Å². The Bertz CT molecular complexity index is 2420. The van der Waals surface area contributed by atoms with E-state index in [0.29, 0.717) is 25.8 Å². The number of unbranched alkanes of at least 4 members (excludes halogenated alkanes) is 1. The third-order valence-corrected chi connectivity index (χ3v) is 11.4. The molecule has 0 saturated heterocycles. The number of hydrogen-bond donors (Lipinski definition) is 10. The van der Waals surface area contributed by atoms with Crippen LogP contribution in [0, 0.1) is 16.0 Å². The number of Topliss-reactive ketones (excluding diaryl/α,β-unsaturated/α-hetero) is 1. The molecule has 11 N–H and O–H groups in total. The minimum absolute atomic E-state index is 0.0340. The molecular weight excluding hydrogens is 1060 g/mol. The van der Waals surface area contributed by atoms with Crippen LogP contribution in [-0.2, 0) is 65.8 Å². The van der Waals surface area contributed by atoms with Crippen molar-refractivity contribution >= 4 is 65.3 Å². The molecule has 2 aromatic rings. The normalized spacial score (nSPS) is 13.8. The van der Waals surface area contributed by atoms with Gasteiger partial charge in [-0.25, -0.2) is 24.7 Å². The Kier molecular flexibility index (Phi) is 31.1. The van der Waals surface area contributed by atoms with Crippen molar-refractivity contribution in [1.29, 1.82) is 0 Å². The largest absolute Gasteiger partial charge is 0.461 e. The van der Waals surface area contributed by atoms with E-state index in [4.69, 9.17) is 19.9 Å². The van der Waals surface area contributed by atoms with Gasteiger partial charge in [-0.1, -0.05) is 72.5 Å². The monoisotopic (exact) mass is 1140 g/mol. The van der Waals surface area contributed by atoms with Gasteiger partial charge in [0.05, 0.1) is 5.92 Å². The maximum Gasteiger partial charge on any atom is 0.408 e. The Labute approximate surface area is 472 Å². The van der Waals surface area contributed by atoms with E-state index in [-0.39, 0.29) is 70.5 Å². The minimum atomic E-state index is -1.25. The summed E-state index contributed by atoms with van der Waals surface area (Å²) in [6.07, 6.45) is -0.712. The van der Waals surface area contributed by atoms with Gasteiger partial charge in [-0.15, -0.1) is 0 Å². The maximum absolute atomic E-state index is 13.3. The van der Waals surface area contributed by atoms with Crippen LogP contribution in [0.1, 0.15) is 131 Å². The smallest absolute Gasteiger partial charge is 0.408 e. The summed E-state index contributed by atoms with van der Waals surface area (Å²) in [7, 11) is 0. The quantitative estimate of drug-likeness (QED) is 0.00901. The molecule has 0 bridgehead atoms. The average molecular weight is 1140 g/mol. The molecule has 0 aromatic heterocycles. The lowest BCUT2D eigenvalue weighted by Gasteiger charge is -2.23. The van der Waals surface area contributed by atoms with Crippen molar-refractivity contribution in [3.63, 3.8) is 0 Å². The molecule has 448 valence electrons. The van der Waals surface area contributed by atoms with Gasteiger partial charge in [0, 0.05) is 69.4 Å². The first-order valence-corrected chi connectivity index (χ1v) is 26.8. The summed E-state index contributed by atoms with van der Waals surface area (Å²) in [5, 5.41) is 30.4. The van der Waals surface area contributed by atoms with Gasteiger partial charge in [-0.3, -0.25) is 38.4 Å². The molecule has 0 unspecified atom stereocenters. The lowest BCUT2D eigenvalue weighted by molar-refractivity contribution is -0.525. The third-order valence-electron chi connectivity index (χ3n) is 11.4. The number of nitrogens with one attached hydrogen (secondary N) is 9. The van der Waals surface area contributed by atoms with E-state index in [1.165, 1.54) is 6.92 Å². The van der Waals surface area contributed by atoms with Crippen LogP contribution in [0.4, 0.5) is 9.59 Å². The minimum Gasteiger partial charge on any atom is -0.461 e. The van der Waals surface area contributed by atoms with Gasteiger partial charge in [0.25, 0.3) is 5.96 Å². The predicted octanol–water partition coefficient (Wildman–Crippen LogP) is 2.37. The predicted molar refractivity (Wildman–Crippen MR) is 296 cm³/mol. The molecule has 8 amide bonds. The van der Waals surface area contributed by atoms with Crippen LogP contribution < -0.4 is 53.7 Å². The fourth-order valence-electron chi connectivity index (χ4n) is 7.72. The summed E-state index contributed by atoms with van der Waals surface area (Å²) in [4.78, 5) is 143. The second-order valence-corrected chi connectivity index (χ2v) is 20.6. The SMILES string of the molecule is C[C@H](CC(=O)C[C@@H](CCCCNC(=O)OCc1ccccc1)C(=O)OCc1ccccc1)NC(=O)C[C@@H](C)NC(=O)C[C@@H](C)NC(=O)C[C@@H](C)NC(=O)[C@H](C)NC(=O)[C@H](CCCN=C(N)N[N+](=O)[O-])NC(=O)CNC(=O)OC(C)(C)C. The van der Waals surface area contributed by atoms with Gasteiger partial charge < -0.3 is 62.5 Å². The van der Waals surface area contributed by atoms with E-state index in [1.54, 1.807) is 53.9 Å². The van der Waals surface area contributed by atoms with Crippen LogP contribution in [-0.4, -0.2) is 132 Å². The summed E-state index contributed by atoms with van der Waals surface area (Å²) in [6, 6.07) is 13.3. The van der Waals surface area contributed by atoms with Crippen LogP contribution in [0.2, 0.25) is 0 Å². The number of hydrazine groups is 1. The van der Waals surface area contributed by atoms with Crippen molar-refractivity contribution in [3.05, 3.63) is 81.9 Å². The summed E-state index contributed by atoms with van der Waals surface area (Å²) < 4.78 is 15.9. The number of guanidine groups is 1. The molecule has 0 fully saturated rings. The molecule has 27 heteroatoms. The van der Waals surface area contributed by atoms with Gasteiger partial charge >= 0.3 is 18.2 Å². The topological polar surface area (TPSA) is 388 Å². The lowest BCUT2D eigenvalue weighted by Crippen LogP contribution is -2.55. The Morgan fingerprint density at radius 3 is 1.64 bits per heavy atom. The molecule has 2 rings (SSSR count). The molecule has 0 saturated carbocycles. The molecular formula is C54H82N12O15. The molecule has 2 aromatic carbocycles. The molecule has 0 aliphatic heterocycles. The number of amides is 8. The van der Waals surface area contributed by atoms with E-state index >= 15 is 0 Å². The van der Waals surface area contributed by atoms with Crippen molar-refractivity contribution in [2.75, 3.05) is 19.6 Å². The van der Waals surface area contributed by atoms with E-state index in [2.05, 4.69) is 47.5 Å². The number of alkyl carbamates (subject to hydrolysis) is 2. The van der Waals surface area contributed by atoms with Crippen molar-refractivity contribution in [2.45, 2.75) is 175 Å². The van der Waals surface area contributed by atoms with E-state index in [0.717, 1.165) is 11.1 Å². The van der Waals surface area contributed by atoms with Crippen molar-refractivity contribution in [2.24, 2.45) is 16.6 Å². The summed E-state index contributed by atoms with van der Waals surface area (Å²) in [6.45, 7) is 12.5. The van der Waals surface area contributed by atoms with Gasteiger partial charge in [-0.05, 0) is 92.2 Å². The molecule has 0 aliphatic rings. The Morgan fingerprint density at radius 1 is 0.593 bits per heavy atom. The second kappa shape index (κ2) is 36.7. The number of carbonyl (C=O) groups is 10. The number of esters is 1. The highest BCUT2D eigenvalue weighted by molar-refractivity contribution is 5.93. The summed E-state index contributed by atoms with van der Waals surface area (Å²) in [5.74, 6) is -5.65. The van der Waals surface area contributed by atoms with E-state index in [9.17, 15) is 58.1 Å². The number of rotatable bonds is 35. The molecule has 0 aliphatic carbocycles. The molecule has 81 heavy (non-hydrogen) atoms.